The van der Waals surface area contributed by atoms with Crippen molar-refractivity contribution >= 4 is 38.6 Å². The van der Waals surface area contributed by atoms with Crippen molar-refractivity contribution in [2.75, 3.05) is 4.72 Å². The van der Waals surface area contributed by atoms with E-state index in [0.717, 1.165) is 10.4 Å². The average molecular weight is 350 g/mol. The zero-order valence-electron chi connectivity index (χ0n) is 11.4. The van der Waals surface area contributed by atoms with Crippen LogP contribution in [0.1, 0.15) is 0 Å². The van der Waals surface area contributed by atoms with Crippen LogP contribution in [-0.4, -0.2) is 8.42 Å². The molecule has 3 nitrogen and oxygen atoms in total. The first-order valence-electron chi connectivity index (χ1n) is 6.47. The molecule has 0 aliphatic heterocycles. The molecule has 0 bridgehead atoms. The van der Waals surface area contributed by atoms with E-state index in [1.54, 1.807) is 17.5 Å². The zero-order valence-corrected chi connectivity index (χ0v) is 13.8. The number of thiophene rings is 1. The summed E-state index contributed by atoms with van der Waals surface area (Å²) in [5.41, 5.74) is 1.61. The summed E-state index contributed by atoms with van der Waals surface area (Å²) in [5, 5.41) is 2.29. The lowest BCUT2D eigenvalue weighted by Gasteiger charge is -2.06. The summed E-state index contributed by atoms with van der Waals surface area (Å²) in [6.45, 7) is 0. The average Bonchev–Trinajstić information content (AvgIpc) is 2.96. The highest BCUT2D eigenvalue weighted by molar-refractivity contribution is 7.92. The molecule has 0 atom stereocenters. The van der Waals surface area contributed by atoms with Crippen LogP contribution in [0.25, 0.3) is 10.4 Å². The van der Waals surface area contributed by atoms with Crippen LogP contribution in [0.3, 0.4) is 0 Å². The van der Waals surface area contributed by atoms with E-state index in [-0.39, 0.29) is 4.90 Å². The lowest BCUT2D eigenvalue weighted by molar-refractivity contribution is 0.601. The summed E-state index contributed by atoms with van der Waals surface area (Å²) >= 11 is 7.27. The standard InChI is InChI=1S/C16H12ClNO2S2/c17-13-6-8-15(9-7-13)22(19,20)18-14-10-16(21-11-14)12-4-2-1-3-5-12/h1-11,18H. The van der Waals surface area contributed by atoms with Crippen molar-refractivity contribution in [3.63, 3.8) is 0 Å². The third kappa shape index (κ3) is 3.32. The van der Waals surface area contributed by atoms with E-state index in [9.17, 15) is 8.42 Å². The molecule has 0 amide bonds. The highest BCUT2D eigenvalue weighted by Crippen LogP contribution is 2.30. The second kappa shape index (κ2) is 6.12. The van der Waals surface area contributed by atoms with E-state index in [1.807, 2.05) is 36.4 Å². The van der Waals surface area contributed by atoms with Gasteiger partial charge in [-0.25, -0.2) is 8.42 Å². The maximum absolute atomic E-state index is 12.3. The lowest BCUT2D eigenvalue weighted by Crippen LogP contribution is -2.12. The monoisotopic (exact) mass is 349 g/mol. The van der Waals surface area contributed by atoms with Gasteiger partial charge in [0.2, 0.25) is 0 Å². The summed E-state index contributed by atoms with van der Waals surface area (Å²) in [6.07, 6.45) is 0. The molecule has 22 heavy (non-hydrogen) atoms. The Morgan fingerprint density at radius 1 is 0.955 bits per heavy atom. The van der Waals surface area contributed by atoms with Gasteiger partial charge < -0.3 is 0 Å². The van der Waals surface area contributed by atoms with Crippen molar-refractivity contribution in [1.29, 1.82) is 0 Å². The Hall–Kier alpha value is -1.82. The highest BCUT2D eigenvalue weighted by Gasteiger charge is 2.15. The van der Waals surface area contributed by atoms with E-state index in [2.05, 4.69) is 4.72 Å². The molecule has 0 saturated carbocycles. The highest BCUT2D eigenvalue weighted by atomic mass is 35.5. The molecule has 0 fully saturated rings. The first-order chi connectivity index (χ1) is 10.5. The number of rotatable bonds is 4. The second-order valence-corrected chi connectivity index (χ2v) is 7.66. The van der Waals surface area contributed by atoms with E-state index in [4.69, 9.17) is 11.6 Å². The molecular formula is C16H12ClNO2S2. The Morgan fingerprint density at radius 3 is 2.32 bits per heavy atom. The van der Waals surface area contributed by atoms with Gasteiger partial charge >= 0.3 is 0 Å². The van der Waals surface area contributed by atoms with Gasteiger partial charge in [0.15, 0.2) is 0 Å². The number of anilines is 1. The van der Waals surface area contributed by atoms with Crippen LogP contribution in [0.4, 0.5) is 5.69 Å². The second-order valence-electron chi connectivity index (χ2n) is 4.63. The van der Waals surface area contributed by atoms with E-state index < -0.39 is 10.0 Å². The van der Waals surface area contributed by atoms with Crippen molar-refractivity contribution in [3.05, 3.63) is 71.1 Å². The minimum Gasteiger partial charge on any atom is -0.279 e. The first-order valence-corrected chi connectivity index (χ1v) is 9.21. The van der Waals surface area contributed by atoms with E-state index >= 15 is 0 Å². The smallest absolute Gasteiger partial charge is 0.261 e. The predicted octanol–water partition coefficient (Wildman–Crippen LogP) is 4.87. The molecule has 6 heteroatoms. The van der Waals surface area contributed by atoms with Crippen LogP contribution in [0.15, 0.2) is 70.9 Å². The van der Waals surface area contributed by atoms with E-state index in [1.165, 1.54) is 23.5 Å². The third-order valence-electron chi connectivity index (χ3n) is 3.03. The normalized spacial score (nSPS) is 11.3. The Morgan fingerprint density at radius 2 is 1.64 bits per heavy atom. The molecule has 0 radical (unpaired) electrons. The fourth-order valence-electron chi connectivity index (χ4n) is 1.97. The number of halogens is 1. The largest absolute Gasteiger partial charge is 0.279 e. The predicted molar refractivity (Wildman–Crippen MR) is 92.0 cm³/mol. The number of hydrogen-bond donors (Lipinski definition) is 1. The fraction of sp³-hybridized carbons (Fsp3) is 0. The Labute approximate surface area is 138 Å². The van der Waals surface area contributed by atoms with Gasteiger partial charge in [-0.05, 0) is 35.9 Å². The summed E-state index contributed by atoms with van der Waals surface area (Å²) < 4.78 is 27.2. The number of sulfonamides is 1. The Kier molecular flexibility index (Phi) is 4.20. The van der Waals surface area contributed by atoms with Gasteiger partial charge in [0.05, 0.1) is 10.6 Å². The summed E-state index contributed by atoms with van der Waals surface area (Å²) in [5.74, 6) is 0. The third-order valence-corrected chi connectivity index (χ3v) is 5.66. The molecule has 0 saturated heterocycles. The van der Waals surface area contributed by atoms with Crippen molar-refractivity contribution < 1.29 is 8.42 Å². The molecule has 3 rings (SSSR count). The van der Waals surface area contributed by atoms with Crippen LogP contribution in [0.5, 0.6) is 0 Å². The minimum absolute atomic E-state index is 0.185. The van der Waals surface area contributed by atoms with Gasteiger partial charge in [-0.3, -0.25) is 4.72 Å². The molecule has 2 aromatic carbocycles. The molecule has 0 aliphatic rings. The molecule has 1 aromatic heterocycles. The summed E-state index contributed by atoms with van der Waals surface area (Å²) in [4.78, 5) is 1.19. The van der Waals surface area contributed by atoms with Gasteiger partial charge in [-0.2, -0.15) is 0 Å². The number of benzene rings is 2. The summed E-state index contributed by atoms with van der Waals surface area (Å²) in [7, 11) is -3.60. The van der Waals surface area contributed by atoms with Crippen LogP contribution in [0.2, 0.25) is 5.02 Å². The van der Waals surface area contributed by atoms with Crippen LogP contribution < -0.4 is 4.72 Å². The maximum atomic E-state index is 12.3. The molecular weight excluding hydrogens is 338 g/mol. The molecule has 3 aromatic rings. The van der Waals surface area contributed by atoms with Crippen LogP contribution in [-0.2, 0) is 10.0 Å². The zero-order chi connectivity index (χ0) is 15.6. The number of hydrogen-bond acceptors (Lipinski definition) is 3. The SMILES string of the molecule is O=S(=O)(Nc1csc(-c2ccccc2)c1)c1ccc(Cl)cc1. The molecule has 0 unspecified atom stereocenters. The van der Waals surface area contributed by atoms with Crippen LogP contribution in [0, 0.1) is 0 Å². The molecule has 1 heterocycles. The van der Waals surface area contributed by atoms with Gasteiger partial charge in [-0.15, -0.1) is 11.3 Å². The number of nitrogens with one attached hydrogen (secondary N) is 1. The van der Waals surface area contributed by atoms with Crippen LogP contribution >= 0.6 is 22.9 Å². The minimum atomic E-state index is -3.60. The van der Waals surface area contributed by atoms with Gasteiger partial charge in [0, 0.05) is 15.3 Å². The molecule has 1 N–H and O–H groups in total. The summed E-state index contributed by atoms with van der Waals surface area (Å²) in [6, 6.07) is 17.7. The van der Waals surface area contributed by atoms with Crippen molar-refractivity contribution in [1.82, 2.24) is 0 Å². The first kappa shape index (κ1) is 15.1. The maximum Gasteiger partial charge on any atom is 0.261 e. The van der Waals surface area contributed by atoms with Crippen molar-refractivity contribution in [3.8, 4) is 10.4 Å². The molecule has 0 spiro atoms. The van der Waals surface area contributed by atoms with E-state index in [0.29, 0.717) is 10.7 Å². The van der Waals surface area contributed by atoms with Gasteiger partial charge in [0.25, 0.3) is 10.0 Å². The van der Waals surface area contributed by atoms with Crippen molar-refractivity contribution in [2.24, 2.45) is 0 Å². The Balaban J connectivity index is 1.84. The molecule has 0 aliphatic carbocycles. The lowest BCUT2D eigenvalue weighted by atomic mass is 10.2. The Bertz CT molecular complexity index is 872. The van der Waals surface area contributed by atoms with Gasteiger partial charge in [0.1, 0.15) is 0 Å². The van der Waals surface area contributed by atoms with Gasteiger partial charge in [-0.1, -0.05) is 41.9 Å². The van der Waals surface area contributed by atoms with Crippen molar-refractivity contribution in [2.45, 2.75) is 4.90 Å². The topological polar surface area (TPSA) is 46.2 Å². The fourth-order valence-corrected chi connectivity index (χ4v) is 4.06. The molecule has 112 valence electrons. The quantitative estimate of drug-likeness (QED) is 0.730.